The molecule has 1 aromatic rings. The molecule has 0 saturated carbocycles. The van der Waals surface area contributed by atoms with Gasteiger partial charge in [0.15, 0.2) is 6.61 Å². The van der Waals surface area contributed by atoms with Crippen molar-refractivity contribution < 1.29 is 19.1 Å². The zero-order valence-corrected chi connectivity index (χ0v) is 12.3. The predicted molar refractivity (Wildman–Crippen MR) is 77.9 cm³/mol. The lowest BCUT2D eigenvalue weighted by molar-refractivity contribution is -0.151. The molecular formula is C16H21NO4. The second kappa shape index (κ2) is 7.67. The Morgan fingerprint density at radius 2 is 2.05 bits per heavy atom. The Balaban J connectivity index is 1.83. The number of nitrogens with zero attached hydrogens (tertiary/aromatic N) is 1. The van der Waals surface area contributed by atoms with Gasteiger partial charge in [0.05, 0.1) is 12.5 Å². The largest absolute Gasteiger partial charge is 0.484 e. The second-order valence-corrected chi connectivity index (χ2v) is 5.03. The molecule has 114 valence electrons. The Hall–Kier alpha value is -2.04. The molecule has 1 fully saturated rings. The summed E-state index contributed by atoms with van der Waals surface area (Å²) in [5.41, 5.74) is 0. The lowest BCUT2D eigenvalue weighted by Crippen LogP contribution is -2.44. The van der Waals surface area contributed by atoms with Gasteiger partial charge in [0, 0.05) is 13.1 Å². The molecule has 1 aliphatic heterocycles. The van der Waals surface area contributed by atoms with Crippen LogP contribution in [0.4, 0.5) is 0 Å². The van der Waals surface area contributed by atoms with E-state index < -0.39 is 0 Å². The fourth-order valence-electron chi connectivity index (χ4n) is 2.41. The summed E-state index contributed by atoms with van der Waals surface area (Å²) in [7, 11) is 0. The lowest BCUT2D eigenvalue weighted by atomic mass is 9.98. The molecule has 1 saturated heterocycles. The minimum absolute atomic E-state index is 0.000438. The summed E-state index contributed by atoms with van der Waals surface area (Å²) < 4.78 is 10.5. The average molecular weight is 291 g/mol. The number of esters is 1. The summed E-state index contributed by atoms with van der Waals surface area (Å²) in [5, 5.41) is 0. The first kappa shape index (κ1) is 15.4. The van der Waals surface area contributed by atoms with Crippen molar-refractivity contribution in [2.75, 3.05) is 26.3 Å². The van der Waals surface area contributed by atoms with E-state index in [9.17, 15) is 9.59 Å². The number of carbonyl (C=O) groups is 2. The van der Waals surface area contributed by atoms with Crippen molar-refractivity contribution in [3.8, 4) is 5.75 Å². The highest BCUT2D eigenvalue weighted by molar-refractivity contribution is 5.79. The molecular weight excluding hydrogens is 270 g/mol. The highest BCUT2D eigenvalue weighted by Gasteiger charge is 2.29. The van der Waals surface area contributed by atoms with Crippen LogP contribution in [0.15, 0.2) is 30.3 Å². The van der Waals surface area contributed by atoms with E-state index in [1.807, 2.05) is 30.3 Å². The molecule has 0 aliphatic carbocycles. The Bertz CT molecular complexity index is 474. The first-order valence-electron chi connectivity index (χ1n) is 7.33. The third kappa shape index (κ3) is 4.48. The first-order valence-corrected chi connectivity index (χ1v) is 7.33. The van der Waals surface area contributed by atoms with Gasteiger partial charge in [0.2, 0.25) is 0 Å². The minimum atomic E-state index is -0.209. The average Bonchev–Trinajstić information content (AvgIpc) is 2.54. The molecule has 2 rings (SSSR count). The van der Waals surface area contributed by atoms with E-state index in [1.54, 1.807) is 11.8 Å². The fourth-order valence-corrected chi connectivity index (χ4v) is 2.41. The fraction of sp³-hybridized carbons (Fsp3) is 0.500. The van der Waals surface area contributed by atoms with Crippen LogP contribution in [0.3, 0.4) is 0 Å². The van der Waals surface area contributed by atoms with E-state index in [2.05, 4.69) is 0 Å². The van der Waals surface area contributed by atoms with Crippen LogP contribution in [0.1, 0.15) is 19.8 Å². The summed E-state index contributed by atoms with van der Waals surface area (Å²) in [6.07, 6.45) is 1.60. The second-order valence-electron chi connectivity index (χ2n) is 5.03. The molecule has 1 unspecified atom stereocenters. The number of carbonyl (C=O) groups excluding carboxylic acids is 2. The SMILES string of the molecule is CCOC(=O)C1CCCN(C(=O)COc2ccccc2)C1. The molecule has 0 N–H and O–H groups in total. The van der Waals surface area contributed by atoms with Gasteiger partial charge in [0.1, 0.15) is 5.75 Å². The zero-order valence-electron chi connectivity index (χ0n) is 12.3. The molecule has 1 aromatic carbocycles. The van der Waals surface area contributed by atoms with Gasteiger partial charge in [-0.05, 0) is 31.9 Å². The van der Waals surface area contributed by atoms with Crippen LogP contribution in [0.2, 0.25) is 0 Å². The highest BCUT2D eigenvalue weighted by atomic mass is 16.5. The molecule has 5 heteroatoms. The standard InChI is InChI=1S/C16H21NO4/c1-2-20-16(19)13-7-6-10-17(11-13)15(18)12-21-14-8-4-3-5-9-14/h3-5,8-9,13H,2,6-7,10-12H2,1H3. The van der Waals surface area contributed by atoms with Gasteiger partial charge in [0.25, 0.3) is 5.91 Å². The molecule has 1 atom stereocenters. The van der Waals surface area contributed by atoms with Crippen molar-refractivity contribution in [2.24, 2.45) is 5.92 Å². The van der Waals surface area contributed by atoms with E-state index in [0.29, 0.717) is 25.4 Å². The van der Waals surface area contributed by atoms with E-state index in [-0.39, 0.29) is 24.4 Å². The van der Waals surface area contributed by atoms with Gasteiger partial charge in [-0.3, -0.25) is 9.59 Å². The monoisotopic (exact) mass is 291 g/mol. The Labute approximate surface area is 124 Å². The maximum atomic E-state index is 12.1. The van der Waals surface area contributed by atoms with Crippen LogP contribution in [-0.4, -0.2) is 43.1 Å². The Kier molecular flexibility index (Phi) is 5.60. The van der Waals surface area contributed by atoms with Crippen LogP contribution in [-0.2, 0) is 14.3 Å². The van der Waals surface area contributed by atoms with Crippen LogP contribution >= 0.6 is 0 Å². The van der Waals surface area contributed by atoms with Gasteiger partial charge in [-0.15, -0.1) is 0 Å². The quantitative estimate of drug-likeness (QED) is 0.777. The molecule has 0 bridgehead atoms. The number of amides is 1. The number of hydrogen-bond donors (Lipinski definition) is 0. The van der Waals surface area contributed by atoms with Crippen molar-refractivity contribution >= 4 is 11.9 Å². The van der Waals surface area contributed by atoms with Gasteiger partial charge in [-0.25, -0.2) is 0 Å². The predicted octanol–water partition coefficient (Wildman–Crippen LogP) is 1.87. The molecule has 0 aromatic heterocycles. The molecule has 0 radical (unpaired) electrons. The number of ether oxygens (including phenoxy) is 2. The maximum absolute atomic E-state index is 12.1. The number of benzene rings is 1. The van der Waals surface area contributed by atoms with Gasteiger partial charge in [-0.2, -0.15) is 0 Å². The number of hydrogen-bond acceptors (Lipinski definition) is 4. The van der Waals surface area contributed by atoms with E-state index in [0.717, 1.165) is 12.8 Å². The topological polar surface area (TPSA) is 55.8 Å². The summed E-state index contributed by atoms with van der Waals surface area (Å²) in [6.45, 7) is 3.26. The zero-order chi connectivity index (χ0) is 15.1. The van der Waals surface area contributed by atoms with Crippen molar-refractivity contribution in [3.63, 3.8) is 0 Å². The highest BCUT2D eigenvalue weighted by Crippen LogP contribution is 2.18. The van der Waals surface area contributed by atoms with Crippen molar-refractivity contribution in [1.29, 1.82) is 0 Å². The van der Waals surface area contributed by atoms with E-state index >= 15 is 0 Å². The molecule has 1 heterocycles. The maximum Gasteiger partial charge on any atom is 0.310 e. The van der Waals surface area contributed by atoms with Crippen molar-refractivity contribution in [3.05, 3.63) is 30.3 Å². The molecule has 21 heavy (non-hydrogen) atoms. The van der Waals surface area contributed by atoms with E-state index in [4.69, 9.17) is 9.47 Å². The molecule has 1 aliphatic rings. The summed E-state index contributed by atoms with van der Waals surface area (Å²) >= 11 is 0. The third-order valence-corrected chi connectivity index (χ3v) is 3.50. The van der Waals surface area contributed by atoms with E-state index in [1.165, 1.54) is 0 Å². The van der Waals surface area contributed by atoms with Gasteiger partial charge in [-0.1, -0.05) is 18.2 Å². The molecule has 1 amide bonds. The Morgan fingerprint density at radius 1 is 1.29 bits per heavy atom. The van der Waals surface area contributed by atoms with Crippen LogP contribution in [0.5, 0.6) is 5.75 Å². The number of rotatable bonds is 5. The smallest absolute Gasteiger partial charge is 0.310 e. The van der Waals surface area contributed by atoms with Crippen LogP contribution in [0.25, 0.3) is 0 Å². The first-order chi connectivity index (χ1) is 10.2. The summed E-state index contributed by atoms with van der Waals surface area (Å²) in [6, 6.07) is 9.23. The van der Waals surface area contributed by atoms with Crippen molar-refractivity contribution in [2.45, 2.75) is 19.8 Å². The van der Waals surface area contributed by atoms with Gasteiger partial charge < -0.3 is 14.4 Å². The summed E-state index contributed by atoms with van der Waals surface area (Å²) in [4.78, 5) is 25.6. The molecule has 0 spiro atoms. The van der Waals surface area contributed by atoms with Crippen molar-refractivity contribution in [1.82, 2.24) is 4.90 Å². The summed E-state index contributed by atoms with van der Waals surface area (Å²) in [5.74, 6) is 0.163. The third-order valence-electron chi connectivity index (χ3n) is 3.50. The lowest BCUT2D eigenvalue weighted by Gasteiger charge is -2.31. The number of piperidine rings is 1. The van der Waals surface area contributed by atoms with Gasteiger partial charge >= 0.3 is 5.97 Å². The number of para-hydroxylation sites is 1. The minimum Gasteiger partial charge on any atom is -0.484 e. The normalized spacial score (nSPS) is 18.1. The van der Waals surface area contributed by atoms with Crippen LogP contribution < -0.4 is 4.74 Å². The Morgan fingerprint density at radius 3 is 2.76 bits per heavy atom. The number of likely N-dealkylation sites (tertiary alicyclic amines) is 1. The molecule has 5 nitrogen and oxygen atoms in total. The van der Waals surface area contributed by atoms with Crippen LogP contribution in [0, 0.1) is 5.92 Å².